The van der Waals surface area contributed by atoms with E-state index in [1.807, 2.05) is 43.3 Å². The predicted molar refractivity (Wildman–Crippen MR) is 123 cm³/mol. The topological polar surface area (TPSA) is 44.1 Å². The Morgan fingerprint density at radius 1 is 1.14 bits per heavy atom. The SMILES string of the molecule is Cc1sc2ncn(CCCOc3ccc(Cl)cc3)c(=O)c2c1-c1ccc(Br)cc1. The second-order valence-electron chi connectivity index (χ2n) is 6.62. The van der Waals surface area contributed by atoms with Crippen LogP contribution in [0.25, 0.3) is 21.3 Å². The van der Waals surface area contributed by atoms with Crippen LogP contribution < -0.4 is 10.3 Å². The van der Waals surface area contributed by atoms with Crippen molar-refractivity contribution in [2.45, 2.75) is 19.9 Å². The number of aryl methyl sites for hydroxylation is 2. The van der Waals surface area contributed by atoms with Gasteiger partial charge in [0, 0.05) is 26.5 Å². The van der Waals surface area contributed by atoms with Crippen molar-refractivity contribution in [1.82, 2.24) is 9.55 Å². The minimum atomic E-state index is -0.0104. The van der Waals surface area contributed by atoms with E-state index in [1.165, 1.54) is 0 Å². The fourth-order valence-electron chi connectivity index (χ4n) is 3.22. The summed E-state index contributed by atoms with van der Waals surface area (Å²) >= 11 is 10.9. The standard InChI is InChI=1S/C22H18BrClN2O2S/c1-14-19(15-3-5-16(23)6-4-15)20-21(29-14)25-13-26(22(20)27)11-2-12-28-18-9-7-17(24)8-10-18/h3-10,13H,2,11-12H2,1H3. The van der Waals surface area contributed by atoms with Gasteiger partial charge in [-0.1, -0.05) is 39.7 Å². The molecular weight excluding hydrogens is 472 g/mol. The van der Waals surface area contributed by atoms with Crippen molar-refractivity contribution >= 4 is 49.1 Å². The highest BCUT2D eigenvalue weighted by Gasteiger charge is 2.16. The van der Waals surface area contributed by atoms with E-state index in [2.05, 4.69) is 20.9 Å². The van der Waals surface area contributed by atoms with Crippen LogP contribution in [0.15, 0.2) is 64.1 Å². The molecule has 0 aliphatic carbocycles. The van der Waals surface area contributed by atoms with Gasteiger partial charge in [0.2, 0.25) is 0 Å². The smallest absolute Gasteiger partial charge is 0.262 e. The van der Waals surface area contributed by atoms with Gasteiger partial charge in [-0.3, -0.25) is 9.36 Å². The maximum absolute atomic E-state index is 13.2. The van der Waals surface area contributed by atoms with Gasteiger partial charge >= 0.3 is 0 Å². The first-order valence-electron chi connectivity index (χ1n) is 9.16. The van der Waals surface area contributed by atoms with E-state index in [4.69, 9.17) is 16.3 Å². The van der Waals surface area contributed by atoms with E-state index in [-0.39, 0.29) is 5.56 Å². The Bertz CT molecular complexity index is 1200. The molecule has 0 aliphatic rings. The van der Waals surface area contributed by atoms with Crippen molar-refractivity contribution in [2.75, 3.05) is 6.61 Å². The van der Waals surface area contributed by atoms with E-state index < -0.39 is 0 Å². The Labute approximate surface area is 185 Å². The van der Waals surface area contributed by atoms with Crippen LogP contribution in [0.3, 0.4) is 0 Å². The number of hydrogen-bond donors (Lipinski definition) is 0. The van der Waals surface area contributed by atoms with Crippen molar-refractivity contribution in [2.24, 2.45) is 0 Å². The number of thiophene rings is 1. The highest BCUT2D eigenvalue weighted by atomic mass is 79.9. The Balaban J connectivity index is 1.55. The molecule has 0 amide bonds. The molecule has 0 fully saturated rings. The molecule has 0 aliphatic heterocycles. The zero-order valence-electron chi connectivity index (χ0n) is 15.7. The molecule has 2 aromatic carbocycles. The minimum Gasteiger partial charge on any atom is -0.494 e. The van der Waals surface area contributed by atoms with Crippen molar-refractivity contribution in [3.05, 3.63) is 79.6 Å². The average molecular weight is 490 g/mol. The lowest BCUT2D eigenvalue weighted by Gasteiger charge is -2.08. The number of halogens is 2. The summed E-state index contributed by atoms with van der Waals surface area (Å²) in [6, 6.07) is 15.3. The van der Waals surface area contributed by atoms with Gasteiger partial charge in [0.05, 0.1) is 18.3 Å². The number of hydrogen-bond acceptors (Lipinski definition) is 4. The first kappa shape index (κ1) is 20.1. The maximum atomic E-state index is 13.2. The van der Waals surface area contributed by atoms with Gasteiger partial charge in [0.15, 0.2) is 0 Å². The van der Waals surface area contributed by atoms with Crippen LogP contribution in [0, 0.1) is 6.92 Å². The third-order valence-electron chi connectivity index (χ3n) is 4.61. The summed E-state index contributed by atoms with van der Waals surface area (Å²) in [7, 11) is 0. The summed E-state index contributed by atoms with van der Waals surface area (Å²) in [5.41, 5.74) is 1.99. The Morgan fingerprint density at radius 3 is 2.59 bits per heavy atom. The van der Waals surface area contributed by atoms with Gasteiger partial charge in [0.1, 0.15) is 10.6 Å². The molecule has 7 heteroatoms. The summed E-state index contributed by atoms with van der Waals surface area (Å²) < 4.78 is 8.40. The van der Waals surface area contributed by atoms with Crippen LogP contribution in [0.2, 0.25) is 5.02 Å². The highest BCUT2D eigenvalue weighted by Crippen LogP contribution is 2.35. The second-order valence-corrected chi connectivity index (χ2v) is 9.17. The number of nitrogens with zero attached hydrogens (tertiary/aromatic N) is 2. The number of fused-ring (bicyclic) bond motifs is 1. The third kappa shape index (κ3) is 4.39. The molecule has 4 rings (SSSR count). The second kappa shape index (κ2) is 8.69. The molecule has 4 aromatic rings. The Hall–Kier alpha value is -2.15. The molecule has 29 heavy (non-hydrogen) atoms. The summed E-state index contributed by atoms with van der Waals surface area (Å²) in [6.45, 7) is 3.09. The third-order valence-corrected chi connectivity index (χ3v) is 6.41. The summed E-state index contributed by atoms with van der Waals surface area (Å²) in [5, 5.41) is 1.37. The van der Waals surface area contributed by atoms with Crippen LogP contribution in [0.1, 0.15) is 11.3 Å². The molecule has 0 bridgehead atoms. The van der Waals surface area contributed by atoms with Crippen molar-refractivity contribution in [1.29, 1.82) is 0 Å². The molecule has 2 aromatic heterocycles. The molecule has 2 heterocycles. The van der Waals surface area contributed by atoms with E-state index in [0.717, 1.165) is 31.1 Å². The molecule has 0 atom stereocenters. The van der Waals surface area contributed by atoms with Gasteiger partial charge in [-0.2, -0.15) is 0 Å². The molecular formula is C22H18BrClN2O2S. The fourth-order valence-corrected chi connectivity index (χ4v) is 4.61. The predicted octanol–water partition coefficient (Wildman–Crippen LogP) is 6.32. The zero-order valence-corrected chi connectivity index (χ0v) is 18.9. The number of benzene rings is 2. The summed E-state index contributed by atoms with van der Waals surface area (Å²) in [5.74, 6) is 0.765. The van der Waals surface area contributed by atoms with E-state index in [0.29, 0.717) is 30.0 Å². The van der Waals surface area contributed by atoms with Gasteiger partial charge in [-0.25, -0.2) is 4.98 Å². The van der Waals surface area contributed by atoms with Gasteiger partial charge in [-0.15, -0.1) is 11.3 Å². The maximum Gasteiger partial charge on any atom is 0.262 e. The van der Waals surface area contributed by atoms with Crippen molar-refractivity contribution in [3.8, 4) is 16.9 Å². The quantitative estimate of drug-likeness (QED) is 0.298. The normalized spacial score (nSPS) is 11.1. The lowest BCUT2D eigenvalue weighted by Crippen LogP contribution is -2.21. The van der Waals surface area contributed by atoms with Crippen LogP contribution in [-0.2, 0) is 6.54 Å². The van der Waals surface area contributed by atoms with Crippen LogP contribution >= 0.6 is 38.9 Å². The fraction of sp³-hybridized carbons (Fsp3) is 0.182. The lowest BCUT2D eigenvalue weighted by atomic mass is 10.0. The first-order valence-corrected chi connectivity index (χ1v) is 11.1. The van der Waals surface area contributed by atoms with Gasteiger partial charge in [0.25, 0.3) is 5.56 Å². The van der Waals surface area contributed by atoms with Crippen LogP contribution in [0.4, 0.5) is 0 Å². The molecule has 0 N–H and O–H groups in total. The molecule has 148 valence electrons. The first-order chi connectivity index (χ1) is 14.0. The van der Waals surface area contributed by atoms with Gasteiger partial charge in [-0.05, 0) is 55.3 Å². The molecule has 0 radical (unpaired) electrons. The lowest BCUT2D eigenvalue weighted by molar-refractivity contribution is 0.301. The Kier molecular flexibility index (Phi) is 6.04. The number of rotatable bonds is 6. The van der Waals surface area contributed by atoms with E-state index >= 15 is 0 Å². The monoisotopic (exact) mass is 488 g/mol. The van der Waals surface area contributed by atoms with E-state index in [1.54, 1.807) is 34.4 Å². The zero-order chi connectivity index (χ0) is 20.4. The summed E-state index contributed by atoms with van der Waals surface area (Å²) in [6.07, 6.45) is 2.33. The van der Waals surface area contributed by atoms with Crippen LogP contribution in [-0.4, -0.2) is 16.2 Å². The summed E-state index contributed by atoms with van der Waals surface area (Å²) in [4.78, 5) is 19.6. The van der Waals surface area contributed by atoms with Crippen molar-refractivity contribution in [3.63, 3.8) is 0 Å². The van der Waals surface area contributed by atoms with Crippen LogP contribution in [0.5, 0.6) is 5.75 Å². The molecule has 0 saturated heterocycles. The molecule has 4 nitrogen and oxygen atoms in total. The van der Waals surface area contributed by atoms with E-state index in [9.17, 15) is 4.79 Å². The molecule has 0 unspecified atom stereocenters. The largest absolute Gasteiger partial charge is 0.494 e. The minimum absolute atomic E-state index is 0.0104. The highest BCUT2D eigenvalue weighted by molar-refractivity contribution is 9.10. The average Bonchev–Trinajstić information content (AvgIpc) is 3.05. The van der Waals surface area contributed by atoms with Gasteiger partial charge < -0.3 is 4.74 Å². The molecule has 0 spiro atoms. The molecule has 0 saturated carbocycles. The van der Waals surface area contributed by atoms with Crippen molar-refractivity contribution < 1.29 is 4.74 Å². The number of ether oxygens (including phenoxy) is 1. The number of aromatic nitrogens is 2. The Morgan fingerprint density at radius 2 is 1.86 bits per heavy atom.